The number of carbonyl (C=O) groups is 1. The van der Waals surface area contributed by atoms with Gasteiger partial charge in [0.2, 0.25) is 0 Å². The number of aromatic nitrogens is 2. The van der Waals surface area contributed by atoms with E-state index >= 15 is 0 Å². The zero-order valence-electron chi connectivity index (χ0n) is 14.1. The van der Waals surface area contributed by atoms with Gasteiger partial charge >= 0.3 is 0 Å². The van der Waals surface area contributed by atoms with Crippen LogP contribution in [0.15, 0.2) is 43.0 Å². The molecule has 2 N–H and O–H groups in total. The summed E-state index contributed by atoms with van der Waals surface area (Å²) in [6.07, 6.45) is 4.68. The Balaban J connectivity index is 1.90. The average molecular weight is 324 g/mol. The molecule has 1 unspecified atom stereocenters. The molecule has 1 aromatic heterocycles. The van der Waals surface area contributed by atoms with Gasteiger partial charge in [-0.3, -0.25) is 9.48 Å². The van der Waals surface area contributed by atoms with Crippen molar-refractivity contribution in [3.05, 3.63) is 65.5 Å². The van der Waals surface area contributed by atoms with Gasteiger partial charge in [-0.25, -0.2) is 0 Å². The molecule has 0 fully saturated rings. The summed E-state index contributed by atoms with van der Waals surface area (Å²) in [5.74, 6) is -0.109. The summed E-state index contributed by atoms with van der Waals surface area (Å²) in [6, 6.07) is 10.6. The van der Waals surface area contributed by atoms with Gasteiger partial charge < -0.3 is 10.6 Å². The van der Waals surface area contributed by atoms with E-state index < -0.39 is 0 Å². The molecule has 24 heavy (non-hydrogen) atoms. The molecular weight excluding hydrogens is 300 g/mol. The van der Waals surface area contributed by atoms with Crippen molar-refractivity contribution >= 4 is 5.91 Å². The second-order valence-corrected chi connectivity index (χ2v) is 6.13. The van der Waals surface area contributed by atoms with E-state index in [9.17, 15) is 4.79 Å². The minimum atomic E-state index is -0.109. The molecule has 1 atom stereocenters. The van der Waals surface area contributed by atoms with Crippen LogP contribution in [0.4, 0.5) is 0 Å². The number of benzene rings is 1. The van der Waals surface area contributed by atoms with E-state index in [1.54, 1.807) is 7.05 Å². The molecule has 0 spiro atoms. The molecule has 5 nitrogen and oxygen atoms in total. The molecule has 2 aromatic rings. The molecule has 5 heteroatoms. The van der Waals surface area contributed by atoms with Gasteiger partial charge in [0.25, 0.3) is 5.91 Å². The Kier molecular flexibility index (Phi) is 5.11. The fourth-order valence-electron chi connectivity index (χ4n) is 3.30. The summed E-state index contributed by atoms with van der Waals surface area (Å²) >= 11 is 0. The van der Waals surface area contributed by atoms with E-state index in [1.807, 2.05) is 29.0 Å². The average Bonchev–Trinajstić information content (AvgIpc) is 2.98. The molecule has 126 valence electrons. The Bertz CT molecular complexity index is 720. The summed E-state index contributed by atoms with van der Waals surface area (Å²) in [4.78, 5) is 12.2. The molecule has 0 radical (unpaired) electrons. The lowest BCUT2D eigenvalue weighted by Crippen LogP contribution is -2.35. The van der Waals surface area contributed by atoms with Crippen molar-refractivity contribution in [2.24, 2.45) is 0 Å². The van der Waals surface area contributed by atoms with E-state index in [2.05, 4.69) is 34.4 Å². The largest absolute Gasteiger partial charge is 0.354 e. The first-order chi connectivity index (χ1) is 11.7. The Morgan fingerprint density at radius 1 is 1.42 bits per heavy atom. The van der Waals surface area contributed by atoms with Crippen molar-refractivity contribution in [2.45, 2.75) is 31.8 Å². The molecule has 1 heterocycles. The summed E-state index contributed by atoms with van der Waals surface area (Å²) in [6.45, 7) is 5.24. The third-order valence-electron chi connectivity index (χ3n) is 4.51. The highest BCUT2D eigenvalue weighted by atomic mass is 16.1. The van der Waals surface area contributed by atoms with Crippen molar-refractivity contribution in [2.75, 3.05) is 13.6 Å². The minimum Gasteiger partial charge on any atom is -0.354 e. The monoisotopic (exact) mass is 324 g/mol. The number of amides is 1. The summed E-state index contributed by atoms with van der Waals surface area (Å²) in [5.41, 5.74) is 4.03. The second-order valence-electron chi connectivity index (χ2n) is 6.13. The maximum Gasteiger partial charge on any atom is 0.271 e. The van der Waals surface area contributed by atoms with E-state index in [1.165, 1.54) is 11.3 Å². The summed E-state index contributed by atoms with van der Waals surface area (Å²) in [5, 5.41) is 10.8. The van der Waals surface area contributed by atoms with E-state index in [4.69, 9.17) is 0 Å². The summed E-state index contributed by atoms with van der Waals surface area (Å²) < 4.78 is 2.00. The number of rotatable bonds is 6. The molecule has 0 bridgehead atoms. The second kappa shape index (κ2) is 7.45. The van der Waals surface area contributed by atoms with Gasteiger partial charge in [-0.15, -0.1) is 6.58 Å². The van der Waals surface area contributed by atoms with Crippen molar-refractivity contribution in [3.8, 4) is 0 Å². The molecule has 0 aliphatic heterocycles. The molecule has 0 saturated carbocycles. The molecule has 1 aromatic carbocycles. The number of nitrogens with zero attached hydrogens (tertiary/aromatic N) is 2. The van der Waals surface area contributed by atoms with Crippen molar-refractivity contribution in [1.82, 2.24) is 20.4 Å². The molecule has 1 aliphatic carbocycles. The highest BCUT2D eigenvalue weighted by Crippen LogP contribution is 2.25. The number of hydrogen-bond acceptors (Lipinski definition) is 3. The smallest absolute Gasteiger partial charge is 0.271 e. The van der Waals surface area contributed by atoms with E-state index in [0.29, 0.717) is 18.3 Å². The van der Waals surface area contributed by atoms with Crippen LogP contribution in [-0.2, 0) is 19.4 Å². The lowest BCUT2D eigenvalue weighted by molar-refractivity contribution is 0.0956. The predicted molar refractivity (Wildman–Crippen MR) is 95.2 cm³/mol. The number of fused-ring (bicyclic) bond motifs is 1. The number of nitrogens with one attached hydrogen (secondary N) is 2. The number of hydrogen-bond donors (Lipinski definition) is 2. The normalized spacial score (nSPS) is 16.5. The fourth-order valence-corrected chi connectivity index (χ4v) is 3.30. The zero-order valence-corrected chi connectivity index (χ0v) is 14.1. The predicted octanol–water partition coefficient (Wildman–Crippen LogP) is 1.92. The van der Waals surface area contributed by atoms with Gasteiger partial charge in [-0.1, -0.05) is 36.4 Å². The van der Waals surface area contributed by atoms with Gasteiger partial charge in [0.1, 0.15) is 0 Å². The first kappa shape index (κ1) is 16.5. The molecular formula is C19H24N4O. The fraction of sp³-hybridized carbons (Fsp3) is 0.368. The van der Waals surface area contributed by atoms with Crippen LogP contribution in [0.2, 0.25) is 0 Å². The van der Waals surface area contributed by atoms with Gasteiger partial charge in [-0.05, 0) is 24.8 Å². The Morgan fingerprint density at radius 3 is 2.92 bits per heavy atom. The van der Waals surface area contributed by atoms with Crippen LogP contribution < -0.4 is 10.6 Å². The van der Waals surface area contributed by atoms with Crippen molar-refractivity contribution in [1.29, 1.82) is 0 Å². The van der Waals surface area contributed by atoms with Gasteiger partial charge in [0, 0.05) is 30.9 Å². The highest BCUT2D eigenvalue weighted by Gasteiger charge is 2.28. The Hall–Kier alpha value is -2.40. The lowest BCUT2D eigenvalue weighted by Gasteiger charge is -2.24. The maximum absolute atomic E-state index is 12.2. The van der Waals surface area contributed by atoms with Crippen LogP contribution in [0.1, 0.15) is 33.7 Å². The van der Waals surface area contributed by atoms with Gasteiger partial charge in [0.15, 0.2) is 5.69 Å². The van der Waals surface area contributed by atoms with Crippen LogP contribution in [0.3, 0.4) is 0 Å². The third kappa shape index (κ3) is 3.41. The molecule has 1 aliphatic rings. The van der Waals surface area contributed by atoms with E-state index in [-0.39, 0.29) is 5.91 Å². The van der Waals surface area contributed by atoms with Crippen LogP contribution >= 0.6 is 0 Å². The SMILES string of the molecule is C=CCNC1CCc2c(c(C(=O)NC)nn2Cc2ccccc2)C1. The molecule has 0 saturated heterocycles. The highest BCUT2D eigenvalue weighted by molar-refractivity contribution is 5.93. The standard InChI is InChI=1S/C19H24N4O/c1-3-11-21-15-9-10-17-16(12-15)18(19(24)20-2)22-23(17)13-14-7-5-4-6-8-14/h3-8,15,21H,1,9-13H2,2H3,(H,20,24). The lowest BCUT2D eigenvalue weighted by atomic mass is 9.91. The Labute approximate surface area is 142 Å². The summed E-state index contributed by atoms with van der Waals surface area (Å²) in [7, 11) is 1.65. The van der Waals surface area contributed by atoms with Gasteiger partial charge in [0.05, 0.1) is 6.54 Å². The van der Waals surface area contributed by atoms with Crippen LogP contribution in [0, 0.1) is 0 Å². The third-order valence-corrected chi connectivity index (χ3v) is 4.51. The van der Waals surface area contributed by atoms with Crippen molar-refractivity contribution < 1.29 is 4.79 Å². The van der Waals surface area contributed by atoms with Crippen LogP contribution in [0.5, 0.6) is 0 Å². The number of carbonyl (C=O) groups excluding carboxylic acids is 1. The quantitative estimate of drug-likeness (QED) is 0.798. The van der Waals surface area contributed by atoms with Gasteiger partial charge in [-0.2, -0.15) is 5.10 Å². The van der Waals surface area contributed by atoms with E-state index in [0.717, 1.165) is 31.4 Å². The van der Waals surface area contributed by atoms with Crippen LogP contribution in [-0.4, -0.2) is 35.3 Å². The first-order valence-electron chi connectivity index (χ1n) is 8.41. The Morgan fingerprint density at radius 2 is 2.21 bits per heavy atom. The first-order valence-corrected chi connectivity index (χ1v) is 8.41. The zero-order chi connectivity index (χ0) is 16.9. The van der Waals surface area contributed by atoms with Crippen molar-refractivity contribution in [3.63, 3.8) is 0 Å². The molecule has 1 amide bonds. The topological polar surface area (TPSA) is 59.0 Å². The van der Waals surface area contributed by atoms with Crippen LogP contribution in [0.25, 0.3) is 0 Å². The maximum atomic E-state index is 12.2. The minimum absolute atomic E-state index is 0.109. The molecule has 3 rings (SSSR count).